The Morgan fingerprint density at radius 2 is 1.78 bits per heavy atom. The highest BCUT2D eigenvalue weighted by molar-refractivity contribution is 6.30. The maximum atomic E-state index is 5.98. The van der Waals surface area contributed by atoms with E-state index in [0.29, 0.717) is 5.92 Å². The zero-order chi connectivity index (χ0) is 16.7. The molecule has 0 aromatic heterocycles. The molecular formula is C21H22ClN. The van der Waals surface area contributed by atoms with Crippen LogP contribution < -0.4 is 5.32 Å². The lowest BCUT2D eigenvalue weighted by Gasteiger charge is -2.20. The van der Waals surface area contributed by atoms with Gasteiger partial charge in [-0.1, -0.05) is 67.2 Å². The highest BCUT2D eigenvalue weighted by Gasteiger charge is 2.13. The quantitative estimate of drug-likeness (QED) is 0.524. The third-order valence-electron chi connectivity index (χ3n) is 3.80. The molecular weight excluding hydrogens is 302 g/mol. The topological polar surface area (TPSA) is 12.0 Å². The number of benzene rings is 2. The fraction of sp³-hybridized carbons (Fsp3) is 0.190. The van der Waals surface area contributed by atoms with Crippen molar-refractivity contribution in [2.45, 2.75) is 19.3 Å². The lowest BCUT2D eigenvalue weighted by molar-refractivity contribution is 0.630. The zero-order valence-corrected chi connectivity index (χ0v) is 14.2. The van der Waals surface area contributed by atoms with Gasteiger partial charge in [-0.2, -0.15) is 0 Å². The Hall–Kier alpha value is -2.21. The molecule has 0 aliphatic rings. The van der Waals surface area contributed by atoms with Gasteiger partial charge in [0.2, 0.25) is 0 Å². The Kier molecular flexibility index (Phi) is 6.29. The predicted octanol–water partition coefficient (Wildman–Crippen LogP) is 5.50. The fourth-order valence-electron chi connectivity index (χ4n) is 2.53. The van der Waals surface area contributed by atoms with Crippen molar-refractivity contribution in [2.24, 2.45) is 0 Å². The van der Waals surface area contributed by atoms with Crippen LogP contribution in [0.4, 0.5) is 0 Å². The molecule has 1 atom stereocenters. The van der Waals surface area contributed by atoms with Crippen molar-refractivity contribution < 1.29 is 0 Å². The largest absolute Gasteiger partial charge is 0.378 e. The van der Waals surface area contributed by atoms with Crippen LogP contribution in [0, 0.1) is 0 Å². The molecule has 0 fully saturated rings. The number of nitrogens with one attached hydrogen (secondary N) is 1. The summed E-state index contributed by atoms with van der Waals surface area (Å²) in [5.74, 6) is 0.347. The van der Waals surface area contributed by atoms with E-state index < -0.39 is 0 Å². The third kappa shape index (κ3) is 5.17. The van der Waals surface area contributed by atoms with Gasteiger partial charge in [0, 0.05) is 17.5 Å². The van der Waals surface area contributed by atoms with E-state index in [1.54, 1.807) is 0 Å². The van der Waals surface area contributed by atoms with E-state index in [1.165, 1.54) is 11.1 Å². The summed E-state index contributed by atoms with van der Waals surface area (Å²) < 4.78 is 0. The summed E-state index contributed by atoms with van der Waals surface area (Å²) in [6.45, 7) is 10.4. The summed E-state index contributed by atoms with van der Waals surface area (Å²) in [5.41, 5.74) is 7.31. The molecule has 1 N–H and O–H groups in total. The summed E-state index contributed by atoms with van der Waals surface area (Å²) in [6, 6.07) is 18.6. The van der Waals surface area contributed by atoms with E-state index in [2.05, 4.69) is 60.6 Å². The van der Waals surface area contributed by atoms with Gasteiger partial charge in [0.15, 0.2) is 0 Å². The summed E-state index contributed by atoms with van der Waals surface area (Å²) in [5, 5.41) is 4.18. The highest BCUT2D eigenvalue weighted by Crippen LogP contribution is 2.22. The molecule has 0 aliphatic heterocycles. The van der Waals surface area contributed by atoms with Gasteiger partial charge in [0.05, 0.1) is 5.70 Å². The van der Waals surface area contributed by atoms with Crippen molar-refractivity contribution in [3.05, 3.63) is 101 Å². The van der Waals surface area contributed by atoms with Crippen molar-refractivity contribution in [3.63, 3.8) is 0 Å². The molecule has 2 aromatic carbocycles. The van der Waals surface area contributed by atoms with Gasteiger partial charge in [-0.15, -0.1) is 5.73 Å². The van der Waals surface area contributed by atoms with E-state index in [4.69, 9.17) is 11.6 Å². The number of halogens is 1. The first-order valence-electron chi connectivity index (χ1n) is 7.69. The summed E-state index contributed by atoms with van der Waals surface area (Å²) >= 11 is 5.98. The molecule has 0 heterocycles. The smallest absolute Gasteiger partial charge is 0.0791 e. The maximum absolute atomic E-state index is 5.98. The molecule has 0 spiro atoms. The first-order chi connectivity index (χ1) is 11.1. The molecule has 0 saturated heterocycles. The lowest BCUT2D eigenvalue weighted by Crippen LogP contribution is -2.22. The monoisotopic (exact) mass is 323 g/mol. The van der Waals surface area contributed by atoms with Crippen LogP contribution in [-0.2, 0) is 6.42 Å². The van der Waals surface area contributed by atoms with Gasteiger partial charge in [0.1, 0.15) is 0 Å². The van der Waals surface area contributed by atoms with Crippen LogP contribution in [0.3, 0.4) is 0 Å². The van der Waals surface area contributed by atoms with Crippen LogP contribution in [0.1, 0.15) is 24.0 Å². The number of allylic oxidation sites excluding steroid dienone is 1. The Balaban J connectivity index is 2.17. The minimum atomic E-state index is 0.347. The molecule has 0 aliphatic carbocycles. The van der Waals surface area contributed by atoms with Crippen LogP contribution in [0.5, 0.6) is 0 Å². The van der Waals surface area contributed by atoms with Gasteiger partial charge in [0.25, 0.3) is 0 Å². The average Bonchev–Trinajstić information content (AvgIpc) is 2.56. The van der Waals surface area contributed by atoms with Crippen molar-refractivity contribution >= 4 is 11.6 Å². The molecule has 2 rings (SSSR count). The maximum Gasteiger partial charge on any atom is 0.0791 e. The second-order valence-electron chi connectivity index (χ2n) is 5.65. The summed E-state index contributed by atoms with van der Waals surface area (Å²) in [4.78, 5) is 0. The number of hydrogen-bond donors (Lipinski definition) is 1. The van der Waals surface area contributed by atoms with E-state index in [9.17, 15) is 0 Å². The molecule has 0 radical (unpaired) electrons. The number of hydrogen-bond acceptors (Lipinski definition) is 1. The van der Waals surface area contributed by atoms with Crippen LogP contribution in [0.2, 0.25) is 5.02 Å². The Morgan fingerprint density at radius 3 is 2.35 bits per heavy atom. The van der Waals surface area contributed by atoms with E-state index in [-0.39, 0.29) is 0 Å². The normalized spacial score (nSPS) is 11.4. The van der Waals surface area contributed by atoms with Crippen molar-refractivity contribution in [1.29, 1.82) is 0 Å². The second-order valence-corrected chi connectivity index (χ2v) is 6.09. The molecule has 23 heavy (non-hydrogen) atoms. The predicted molar refractivity (Wildman–Crippen MR) is 99.8 cm³/mol. The molecule has 1 nitrogen and oxygen atoms in total. The van der Waals surface area contributed by atoms with Gasteiger partial charge < -0.3 is 5.32 Å². The molecule has 0 amide bonds. The van der Waals surface area contributed by atoms with E-state index >= 15 is 0 Å². The van der Waals surface area contributed by atoms with Gasteiger partial charge in [-0.25, -0.2) is 0 Å². The molecule has 2 aromatic rings. The van der Waals surface area contributed by atoms with E-state index in [1.807, 2.05) is 25.1 Å². The Bertz CT molecular complexity index is 694. The van der Waals surface area contributed by atoms with Crippen LogP contribution >= 0.6 is 11.6 Å². The molecule has 1 unspecified atom stereocenters. The molecule has 0 bridgehead atoms. The Labute approximate surface area is 144 Å². The van der Waals surface area contributed by atoms with Gasteiger partial charge in [-0.3, -0.25) is 0 Å². The van der Waals surface area contributed by atoms with Crippen molar-refractivity contribution in [1.82, 2.24) is 5.32 Å². The van der Waals surface area contributed by atoms with Gasteiger partial charge >= 0.3 is 0 Å². The van der Waals surface area contributed by atoms with Crippen LogP contribution in [0.15, 0.2) is 84.8 Å². The number of rotatable bonds is 7. The van der Waals surface area contributed by atoms with Crippen LogP contribution in [0.25, 0.3) is 0 Å². The van der Waals surface area contributed by atoms with Crippen LogP contribution in [-0.4, -0.2) is 6.54 Å². The average molecular weight is 324 g/mol. The minimum absolute atomic E-state index is 0.347. The van der Waals surface area contributed by atoms with E-state index in [0.717, 1.165) is 29.3 Å². The Morgan fingerprint density at radius 1 is 1.13 bits per heavy atom. The third-order valence-corrected chi connectivity index (χ3v) is 4.05. The minimum Gasteiger partial charge on any atom is -0.378 e. The SMILES string of the molecule is C=C=C(NCC(Cc1ccc(Cl)cc1)c1ccccc1)C(=C)C. The molecule has 118 valence electrons. The first kappa shape index (κ1) is 17.1. The highest BCUT2D eigenvalue weighted by atomic mass is 35.5. The van der Waals surface area contributed by atoms with Crippen molar-refractivity contribution in [2.75, 3.05) is 6.54 Å². The second kappa shape index (κ2) is 8.43. The first-order valence-corrected chi connectivity index (χ1v) is 8.07. The van der Waals surface area contributed by atoms with Gasteiger partial charge in [-0.05, 0) is 42.2 Å². The zero-order valence-electron chi connectivity index (χ0n) is 13.5. The molecule has 2 heteroatoms. The standard InChI is InChI=1S/C21H22ClN/c1-4-21(16(2)3)23-15-19(18-8-6-5-7-9-18)14-17-10-12-20(22)13-11-17/h5-13,19,23H,1-2,14-15H2,3H3. The summed E-state index contributed by atoms with van der Waals surface area (Å²) in [6.07, 6.45) is 0.939. The summed E-state index contributed by atoms with van der Waals surface area (Å²) in [7, 11) is 0. The molecule has 0 saturated carbocycles. The van der Waals surface area contributed by atoms with Crippen molar-refractivity contribution in [3.8, 4) is 0 Å². The lowest BCUT2D eigenvalue weighted by atomic mass is 9.91. The fourth-order valence-corrected chi connectivity index (χ4v) is 2.65.